The van der Waals surface area contributed by atoms with Crippen molar-refractivity contribution in [3.63, 3.8) is 0 Å². The van der Waals surface area contributed by atoms with E-state index in [-0.39, 0.29) is 5.69 Å². The van der Waals surface area contributed by atoms with Gasteiger partial charge in [0.25, 0.3) is 5.69 Å². The van der Waals surface area contributed by atoms with E-state index in [2.05, 4.69) is 25.5 Å². The van der Waals surface area contributed by atoms with Crippen LogP contribution in [0.15, 0.2) is 36.0 Å². The number of rotatable bonds is 4. The van der Waals surface area contributed by atoms with Gasteiger partial charge in [0.1, 0.15) is 17.7 Å². The van der Waals surface area contributed by atoms with Crippen molar-refractivity contribution in [2.24, 2.45) is 5.10 Å². The number of pyridine rings is 1. The minimum absolute atomic E-state index is 0.0631. The topological polar surface area (TPSA) is 109 Å². The Morgan fingerprint density at radius 3 is 2.94 bits per heavy atom. The van der Waals surface area contributed by atoms with Gasteiger partial charge in [0.05, 0.1) is 17.5 Å². The van der Waals surface area contributed by atoms with Crippen molar-refractivity contribution in [1.29, 1.82) is 0 Å². The number of nitrogens with zero attached hydrogens (tertiary/aromatic N) is 4. The lowest BCUT2D eigenvalue weighted by atomic mass is 10.4. The molecule has 0 spiro atoms. The Morgan fingerprint density at radius 1 is 1.47 bits per heavy atom. The van der Waals surface area contributed by atoms with Crippen LogP contribution in [0.5, 0.6) is 0 Å². The molecule has 2 N–H and O–H groups in total. The van der Waals surface area contributed by atoms with Crippen LogP contribution >= 0.6 is 0 Å². The van der Waals surface area contributed by atoms with Gasteiger partial charge < -0.3 is 4.98 Å². The molecule has 0 atom stereocenters. The summed E-state index contributed by atoms with van der Waals surface area (Å²) in [6.07, 6.45) is 5.87. The molecule has 0 saturated carbocycles. The highest BCUT2D eigenvalue weighted by atomic mass is 16.6. The lowest BCUT2D eigenvalue weighted by Gasteiger charge is -1.97. The molecule has 0 fully saturated rings. The molecule has 0 aliphatic carbocycles. The van der Waals surface area contributed by atoms with Crippen molar-refractivity contribution >= 4 is 17.7 Å². The van der Waals surface area contributed by atoms with Crippen LogP contribution in [0, 0.1) is 10.1 Å². The van der Waals surface area contributed by atoms with Crippen LogP contribution in [0.1, 0.15) is 5.69 Å². The summed E-state index contributed by atoms with van der Waals surface area (Å²) < 4.78 is 0. The van der Waals surface area contributed by atoms with Crippen molar-refractivity contribution in [2.75, 3.05) is 5.43 Å². The van der Waals surface area contributed by atoms with Crippen molar-refractivity contribution < 1.29 is 4.92 Å². The fraction of sp³-hybridized carbons (Fsp3) is 0. The molecular formula is C9H8N6O2. The van der Waals surface area contributed by atoms with Gasteiger partial charge in [0.15, 0.2) is 0 Å². The summed E-state index contributed by atoms with van der Waals surface area (Å²) in [7, 11) is 0. The second-order valence-corrected chi connectivity index (χ2v) is 3.02. The first-order valence-electron chi connectivity index (χ1n) is 4.64. The third kappa shape index (κ3) is 2.84. The first-order valence-corrected chi connectivity index (χ1v) is 4.64. The third-order valence-electron chi connectivity index (χ3n) is 1.85. The fourth-order valence-electron chi connectivity index (χ4n) is 1.07. The lowest BCUT2D eigenvalue weighted by molar-refractivity contribution is -0.385. The first-order chi connectivity index (χ1) is 8.25. The standard InChI is InChI=1S/C9H8N6O2/c16-15(17)8-1-2-9(11-5-8)14-13-4-7-3-10-6-12-7/h1-6H,(H,10,12)(H,11,14). The van der Waals surface area contributed by atoms with Crippen molar-refractivity contribution in [3.05, 3.63) is 46.7 Å². The molecule has 0 aliphatic heterocycles. The van der Waals surface area contributed by atoms with Crippen LogP contribution in [-0.2, 0) is 0 Å². The van der Waals surface area contributed by atoms with E-state index in [9.17, 15) is 10.1 Å². The molecule has 0 saturated heterocycles. The molecule has 0 radical (unpaired) electrons. The highest BCUT2D eigenvalue weighted by molar-refractivity contribution is 5.76. The van der Waals surface area contributed by atoms with E-state index in [1.807, 2.05) is 0 Å². The summed E-state index contributed by atoms with van der Waals surface area (Å²) >= 11 is 0. The maximum atomic E-state index is 10.4. The van der Waals surface area contributed by atoms with E-state index in [1.165, 1.54) is 24.7 Å². The van der Waals surface area contributed by atoms with Gasteiger partial charge in [-0.05, 0) is 6.07 Å². The Balaban J connectivity index is 1.97. The quantitative estimate of drug-likeness (QED) is 0.467. The molecule has 0 aromatic carbocycles. The normalized spacial score (nSPS) is 10.6. The van der Waals surface area contributed by atoms with Crippen LogP contribution in [0.25, 0.3) is 0 Å². The van der Waals surface area contributed by atoms with E-state index in [1.54, 1.807) is 6.20 Å². The molecule has 86 valence electrons. The van der Waals surface area contributed by atoms with Gasteiger partial charge in [-0.3, -0.25) is 15.5 Å². The number of anilines is 1. The third-order valence-corrected chi connectivity index (χ3v) is 1.85. The maximum Gasteiger partial charge on any atom is 0.287 e. The van der Waals surface area contributed by atoms with E-state index in [0.29, 0.717) is 11.5 Å². The largest absolute Gasteiger partial charge is 0.351 e. The number of H-pyrrole nitrogens is 1. The summed E-state index contributed by atoms with van der Waals surface area (Å²) in [5, 5.41) is 14.3. The number of imidazole rings is 1. The predicted molar refractivity (Wildman–Crippen MR) is 60.7 cm³/mol. The minimum Gasteiger partial charge on any atom is -0.351 e. The van der Waals surface area contributed by atoms with E-state index >= 15 is 0 Å². The Hall–Kier alpha value is -2.77. The summed E-state index contributed by atoms with van der Waals surface area (Å²) in [5.74, 6) is 0.419. The van der Waals surface area contributed by atoms with E-state index in [0.717, 1.165) is 6.20 Å². The summed E-state index contributed by atoms with van der Waals surface area (Å²) in [6, 6.07) is 2.82. The highest BCUT2D eigenvalue weighted by Crippen LogP contribution is 2.11. The number of nitro groups is 1. The summed E-state index contributed by atoms with van der Waals surface area (Å²) in [5.41, 5.74) is 3.23. The van der Waals surface area contributed by atoms with Gasteiger partial charge in [-0.1, -0.05) is 0 Å². The molecule has 0 amide bonds. The fourth-order valence-corrected chi connectivity index (χ4v) is 1.07. The van der Waals surface area contributed by atoms with Crippen molar-refractivity contribution in [3.8, 4) is 0 Å². The molecule has 8 heteroatoms. The second-order valence-electron chi connectivity index (χ2n) is 3.02. The number of hydrogen-bond acceptors (Lipinski definition) is 6. The Kier molecular flexibility index (Phi) is 3.05. The number of hydrogen-bond donors (Lipinski definition) is 2. The maximum absolute atomic E-state index is 10.4. The molecular weight excluding hydrogens is 224 g/mol. The minimum atomic E-state index is -0.510. The van der Waals surface area contributed by atoms with Crippen LogP contribution < -0.4 is 5.43 Å². The molecule has 0 aliphatic rings. The number of aromatic amines is 1. The smallest absolute Gasteiger partial charge is 0.287 e. The van der Waals surface area contributed by atoms with Crippen LogP contribution in [0.2, 0.25) is 0 Å². The molecule has 0 bridgehead atoms. The second kappa shape index (κ2) is 4.84. The zero-order chi connectivity index (χ0) is 12.1. The Morgan fingerprint density at radius 2 is 2.35 bits per heavy atom. The molecule has 8 nitrogen and oxygen atoms in total. The van der Waals surface area contributed by atoms with Gasteiger partial charge in [-0.2, -0.15) is 5.10 Å². The van der Waals surface area contributed by atoms with Gasteiger partial charge in [-0.25, -0.2) is 9.97 Å². The molecule has 2 aromatic rings. The predicted octanol–water partition coefficient (Wildman–Crippen LogP) is 1.16. The first kappa shape index (κ1) is 10.7. The van der Waals surface area contributed by atoms with E-state index < -0.39 is 4.92 Å². The van der Waals surface area contributed by atoms with Crippen molar-refractivity contribution in [2.45, 2.75) is 0 Å². The molecule has 2 aromatic heterocycles. The average Bonchev–Trinajstić information content (AvgIpc) is 2.83. The van der Waals surface area contributed by atoms with Gasteiger partial charge in [-0.15, -0.1) is 0 Å². The molecule has 2 heterocycles. The van der Waals surface area contributed by atoms with Crippen LogP contribution in [-0.4, -0.2) is 26.1 Å². The number of nitrogens with one attached hydrogen (secondary N) is 2. The molecule has 0 unspecified atom stereocenters. The average molecular weight is 232 g/mol. The van der Waals surface area contributed by atoms with Crippen molar-refractivity contribution in [1.82, 2.24) is 15.0 Å². The van der Waals surface area contributed by atoms with Gasteiger partial charge in [0, 0.05) is 12.3 Å². The molecule has 17 heavy (non-hydrogen) atoms. The van der Waals surface area contributed by atoms with E-state index in [4.69, 9.17) is 0 Å². The number of hydrazone groups is 1. The zero-order valence-corrected chi connectivity index (χ0v) is 8.57. The molecule has 2 rings (SSSR count). The number of aromatic nitrogens is 3. The monoisotopic (exact) mass is 232 g/mol. The van der Waals surface area contributed by atoms with Crippen LogP contribution in [0.3, 0.4) is 0 Å². The summed E-state index contributed by atoms with van der Waals surface area (Å²) in [4.78, 5) is 20.4. The van der Waals surface area contributed by atoms with Gasteiger partial charge in [0.2, 0.25) is 0 Å². The van der Waals surface area contributed by atoms with Gasteiger partial charge >= 0.3 is 0 Å². The Labute approximate surface area is 95.6 Å². The lowest BCUT2D eigenvalue weighted by Crippen LogP contribution is -1.95. The summed E-state index contributed by atoms with van der Waals surface area (Å²) in [6.45, 7) is 0. The van der Waals surface area contributed by atoms with Crippen LogP contribution in [0.4, 0.5) is 11.5 Å². The highest BCUT2D eigenvalue weighted by Gasteiger charge is 2.04. The zero-order valence-electron chi connectivity index (χ0n) is 8.57. The SMILES string of the molecule is O=[N+]([O-])c1ccc(NN=Cc2c[nH]cn2)nc1. The Bertz CT molecular complexity index is 519.